The number of rotatable bonds is 10. The van der Waals surface area contributed by atoms with E-state index in [0.29, 0.717) is 19.6 Å². The molecular weight excluding hydrogens is 449 g/mol. The summed E-state index contributed by atoms with van der Waals surface area (Å²) >= 11 is 1.68. The van der Waals surface area contributed by atoms with E-state index in [9.17, 15) is 14.0 Å². The van der Waals surface area contributed by atoms with Crippen LogP contribution < -0.4 is 0 Å². The van der Waals surface area contributed by atoms with Crippen molar-refractivity contribution in [2.75, 3.05) is 32.7 Å². The first-order valence-electron chi connectivity index (χ1n) is 12.6. The van der Waals surface area contributed by atoms with Crippen molar-refractivity contribution in [3.05, 3.63) is 57.5 Å². The van der Waals surface area contributed by atoms with Crippen LogP contribution in [0.4, 0.5) is 4.39 Å². The second-order valence-electron chi connectivity index (χ2n) is 9.68. The van der Waals surface area contributed by atoms with Crippen LogP contribution in [0.1, 0.15) is 53.8 Å². The minimum absolute atomic E-state index is 0.0526. The van der Waals surface area contributed by atoms with Crippen LogP contribution in [0.2, 0.25) is 0 Å². The van der Waals surface area contributed by atoms with E-state index in [1.165, 1.54) is 29.9 Å². The molecule has 0 N–H and O–H groups in total. The van der Waals surface area contributed by atoms with Crippen LogP contribution in [0, 0.1) is 18.7 Å². The van der Waals surface area contributed by atoms with E-state index in [1.807, 2.05) is 9.80 Å². The van der Waals surface area contributed by atoms with Gasteiger partial charge in [-0.3, -0.25) is 9.59 Å². The Morgan fingerprint density at radius 1 is 0.971 bits per heavy atom. The smallest absolute Gasteiger partial charge is 0.242 e. The predicted molar refractivity (Wildman–Crippen MR) is 134 cm³/mol. The molecule has 2 fully saturated rings. The summed E-state index contributed by atoms with van der Waals surface area (Å²) in [5, 5.41) is 0. The lowest BCUT2D eigenvalue weighted by molar-refractivity contribution is -0.143. The number of carbonyl (C=O) groups is 2. The molecule has 1 aliphatic heterocycles. The van der Waals surface area contributed by atoms with E-state index in [-0.39, 0.29) is 30.1 Å². The highest BCUT2D eigenvalue weighted by molar-refractivity contribution is 7.11. The molecule has 7 heteroatoms. The highest BCUT2D eigenvalue weighted by Gasteiger charge is 2.30. The summed E-state index contributed by atoms with van der Waals surface area (Å²) in [7, 11) is 0. The number of thiophene rings is 1. The fourth-order valence-electron chi connectivity index (χ4n) is 5.03. The number of carbonyl (C=O) groups excluding carboxylic acids is 2. The van der Waals surface area contributed by atoms with Crippen LogP contribution in [0.25, 0.3) is 0 Å². The maximum absolute atomic E-state index is 13.6. The topological polar surface area (TPSA) is 43.9 Å². The number of aryl methyl sites for hydroxylation is 1. The minimum atomic E-state index is -0.286. The molecule has 0 unspecified atom stereocenters. The summed E-state index contributed by atoms with van der Waals surface area (Å²) in [5.74, 6) is -0.149. The lowest BCUT2D eigenvalue weighted by atomic mass is 10.1. The van der Waals surface area contributed by atoms with E-state index in [1.54, 1.807) is 23.5 Å². The molecule has 1 aliphatic carbocycles. The van der Waals surface area contributed by atoms with Gasteiger partial charge in [-0.25, -0.2) is 4.39 Å². The summed E-state index contributed by atoms with van der Waals surface area (Å²) in [4.78, 5) is 35.3. The molecule has 2 aromatic rings. The number of benzene rings is 1. The number of amides is 2. The fourth-order valence-corrected chi connectivity index (χ4v) is 5.94. The number of hydrogen-bond donors (Lipinski definition) is 0. The number of hydrogen-bond acceptors (Lipinski definition) is 4. The van der Waals surface area contributed by atoms with Crippen molar-refractivity contribution >= 4 is 23.2 Å². The van der Waals surface area contributed by atoms with Gasteiger partial charge < -0.3 is 14.7 Å². The zero-order valence-corrected chi connectivity index (χ0v) is 21.0. The Balaban J connectivity index is 1.48. The van der Waals surface area contributed by atoms with Gasteiger partial charge in [-0.2, -0.15) is 0 Å². The molecule has 1 aromatic heterocycles. The van der Waals surface area contributed by atoms with E-state index in [4.69, 9.17) is 0 Å². The van der Waals surface area contributed by atoms with Gasteiger partial charge in [0.1, 0.15) is 5.82 Å². The third-order valence-electron chi connectivity index (χ3n) is 7.01. The molecule has 2 amide bonds. The van der Waals surface area contributed by atoms with Crippen molar-refractivity contribution < 1.29 is 14.0 Å². The van der Waals surface area contributed by atoms with Gasteiger partial charge in [0.25, 0.3) is 0 Å². The van der Waals surface area contributed by atoms with Crippen molar-refractivity contribution in [1.29, 1.82) is 0 Å². The van der Waals surface area contributed by atoms with Crippen LogP contribution in [0.5, 0.6) is 0 Å². The molecule has 2 aliphatic rings. The van der Waals surface area contributed by atoms with Gasteiger partial charge in [-0.15, -0.1) is 11.3 Å². The third kappa shape index (κ3) is 6.89. The van der Waals surface area contributed by atoms with Crippen LogP contribution in [0.3, 0.4) is 0 Å². The molecule has 5 nitrogen and oxygen atoms in total. The summed E-state index contributed by atoms with van der Waals surface area (Å²) < 4.78 is 13.4. The van der Waals surface area contributed by atoms with Crippen molar-refractivity contribution in [2.24, 2.45) is 5.92 Å². The maximum Gasteiger partial charge on any atom is 0.242 e. The molecule has 0 atom stereocenters. The third-order valence-corrected chi connectivity index (χ3v) is 7.99. The van der Waals surface area contributed by atoms with Crippen LogP contribution in [-0.2, 0) is 22.7 Å². The predicted octanol–water partition coefficient (Wildman–Crippen LogP) is 4.84. The van der Waals surface area contributed by atoms with Crippen molar-refractivity contribution in [1.82, 2.24) is 14.7 Å². The second-order valence-corrected chi connectivity index (χ2v) is 11.1. The molecule has 184 valence electrons. The van der Waals surface area contributed by atoms with Gasteiger partial charge in [-0.05, 0) is 75.5 Å². The lowest BCUT2D eigenvalue weighted by Gasteiger charge is -2.30. The quantitative estimate of drug-likeness (QED) is 0.484. The molecule has 1 saturated carbocycles. The van der Waals surface area contributed by atoms with Gasteiger partial charge >= 0.3 is 0 Å². The Kier molecular flexibility index (Phi) is 8.73. The van der Waals surface area contributed by atoms with Crippen molar-refractivity contribution in [3.8, 4) is 0 Å². The monoisotopic (exact) mass is 485 g/mol. The lowest BCUT2D eigenvalue weighted by Crippen LogP contribution is -2.46. The molecule has 1 aromatic carbocycles. The molecule has 0 spiro atoms. The highest BCUT2D eigenvalue weighted by Crippen LogP contribution is 2.27. The maximum atomic E-state index is 13.6. The first kappa shape index (κ1) is 24.9. The van der Waals surface area contributed by atoms with E-state index in [0.717, 1.165) is 55.8 Å². The summed E-state index contributed by atoms with van der Waals surface area (Å²) in [6.07, 6.45) is 6.47. The Hall–Kier alpha value is -2.25. The van der Waals surface area contributed by atoms with Crippen LogP contribution in [0.15, 0.2) is 36.4 Å². The number of halogens is 1. The standard InChI is InChI=1S/C27H36FN3O2S/c1-21-8-13-25(34-21)19-31(18-22-9-11-24(28)12-10-22)26(32)20-30(17-16-29-14-4-5-15-29)27(33)23-6-2-3-7-23/h8-13,23H,2-7,14-20H2,1H3. The molecule has 34 heavy (non-hydrogen) atoms. The van der Waals surface area contributed by atoms with Gasteiger partial charge in [0.15, 0.2) is 0 Å². The summed E-state index contributed by atoms with van der Waals surface area (Å²) in [5.41, 5.74) is 0.883. The minimum Gasteiger partial charge on any atom is -0.332 e. The normalized spacial score (nSPS) is 16.8. The SMILES string of the molecule is Cc1ccc(CN(Cc2ccc(F)cc2)C(=O)CN(CCN2CCCC2)C(=O)C2CCCC2)s1. The average molecular weight is 486 g/mol. The van der Waals surface area contributed by atoms with Crippen molar-refractivity contribution in [2.45, 2.75) is 58.5 Å². The Labute approximate surface area is 206 Å². The van der Waals surface area contributed by atoms with Crippen LogP contribution in [-0.4, -0.2) is 59.2 Å². The number of likely N-dealkylation sites (tertiary alicyclic amines) is 1. The van der Waals surface area contributed by atoms with E-state index in [2.05, 4.69) is 24.0 Å². The highest BCUT2D eigenvalue weighted by atomic mass is 32.1. The average Bonchev–Trinajstić information content (AvgIpc) is 3.60. The van der Waals surface area contributed by atoms with E-state index >= 15 is 0 Å². The first-order valence-corrected chi connectivity index (χ1v) is 13.4. The molecule has 1 saturated heterocycles. The second kappa shape index (κ2) is 11.9. The Bertz CT molecular complexity index is 949. The van der Waals surface area contributed by atoms with Gasteiger partial charge in [0.2, 0.25) is 11.8 Å². The van der Waals surface area contributed by atoms with Gasteiger partial charge in [0, 0.05) is 35.3 Å². The zero-order chi connectivity index (χ0) is 23.9. The molecule has 0 bridgehead atoms. The zero-order valence-electron chi connectivity index (χ0n) is 20.2. The molecule has 2 heterocycles. The molecular formula is C27H36FN3O2S. The largest absolute Gasteiger partial charge is 0.332 e. The molecule has 4 rings (SSSR count). The number of nitrogens with zero attached hydrogens (tertiary/aromatic N) is 3. The summed E-state index contributed by atoms with van der Waals surface area (Å²) in [6.45, 7) is 6.63. The van der Waals surface area contributed by atoms with Gasteiger partial charge in [0.05, 0.1) is 13.1 Å². The molecule has 0 radical (unpaired) electrons. The van der Waals surface area contributed by atoms with Crippen LogP contribution >= 0.6 is 11.3 Å². The Morgan fingerprint density at radius 3 is 2.32 bits per heavy atom. The van der Waals surface area contributed by atoms with Crippen molar-refractivity contribution in [3.63, 3.8) is 0 Å². The fraction of sp³-hybridized carbons (Fsp3) is 0.556. The first-order chi connectivity index (χ1) is 16.5. The van der Waals surface area contributed by atoms with Gasteiger partial charge in [-0.1, -0.05) is 25.0 Å². The van der Waals surface area contributed by atoms with E-state index < -0.39 is 0 Å². The summed E-state index contributed by atoms with van der Waals surface area (Å²) in [6, 6.07) is 10.4. The Morgan fingerprint density at radius 2 is 1.68 bits per heavy atom.